The Balaban J connectivity index is 1.63. The number of halogens is 1. The first-order valence-corrected chi connectivity index (χ1v) is 9.33. The number of fused-ring (bicyclic) bond motifs is 3. The van der Waals surface area contributed by atoms with E-state index in [2.05, 4.69) is 32.6 Å². The fourth-order valence-corrected chi connectivity index (χ4v) is 4.09. The Morgan fingerprint density at radius 3 is 2.81 bits per heavy atom. The summed E-state index contributed by atoms with van der Waals surface area (Å²) >= 11 is 6.04. The van der Waals surface area contributed by atoms with Gasteiger partial charge in [-0.3, -0.25) is 5.10 Å². The molecule has 0 amide bonds. The van der Waals surface area contributed by atoms with E-state index in [0.29, 0.717) is 0 Å². The largest absolute Gasteiger partial charge is 0.497 e. The normalized spacial score (nSPS) is 16.4. The summed E-state index contributed by atoms with van der Waals surface area (Å²) in [6.07, 6.45) is 2.88. The number of hydrogen-bond donors (Lipinski definition) is 3. The van der Waals surface area contributed by atoms with Gasteiger partial charge in [-0.15, -0.1) is 0 Å². The number of nitrogens with one attached hydrogen (secondary N) is 3. The Bertz CT molecular complexity index is 1110. The minimum absolute atomic E-state index is 0.0524. The van der Waals surface area contributed by atoms with Crippen LogP contribution in [0.2, 0.25) is 5.02 Å². The van der Waals surface area contributed by atoms with Crippen LogP contribution in [0.25, 0.3) is 22.2 Å². The second-order valence-corrected chi connectivity index (χ2v) is 7.21. The lowest BCUT2D eigenvalue weighted by molar-refractivity contribution is 0.415. The van der Waals surface area contributed by atoms with Gasteiger partial charge >= 0.3 is 0 Å². The zero-order chi connectivity index (χ0) is 18.4. The van der Waals surface area contributed by atoms with Crippen molar-refractivity contribution < 1.29 is 4.74 Å². The minimum atomic E-state index is 0.0524. The Kier molecular flexibility index (Phi) is 3.92. The molecule has 6 heteroatoms. The van der Waals surface area contributed by atoms with Gasteiger partial charge in [0.1, 0.15) is 5.75 Å². The molecule has 3 N–H and O–H groups in total. The quantitative estimate of drug-likeness (QED) is 0.493. The first-order valence-electron chi connectivity index (χ1n) is 8.95. The monoisotopic (exact) mass is 378 g/mol. The third kappa shape index (κ3) is 2.71. The molecule has 1 atom stereocenters. The number of rotatable bonds is 3. The molecule has 0 radical (unpaired) electrons. The molecule has 0 aliphatic carbocycles. The van der Waals surface area contributed by atoms with Crippen molar-refractivity contribution in [2.24, 2.45) is 0 Å². The third-order valence-corrected chi connectivity index (χ3v) is 5.52. The van der Waals surface area contributed by atoms with Gasteiger partial charge in [0, 0.05) is 33.7 Å². The highest BCUT2D eigenvalue weighted by atomic mass is 35.5. The number of hydrogen-bond acceptors (Lipinski definition) is 3. The predicted octanol–water partition coefficient (Wildman–Crippen LogP) is 4.46. The lowest BCUT2D eigenvalue weighted by Gasteiger charge is -2.24. The van der Waals surface area contributed by atoms with Crippen LogP contribution in [0.4, 0.5) is 0 Å². The number of aromatic amines is 2. The second-order valence-electron chi connectivity index (χ2n) is 6.77. The zero-order valence-corrected chi connectivity index (χ0v) is 15.6. The molecule has 0 saturated carbocycles. The molecule has 5 nitrogen and oxygen atoms in total. The van der Waals surface area contributed by atoms with Crippen molar-refractivity contribution >= 4 is 22.5 Å². The zero-order valence-electron chi connectivity index (χ0n) is 14.8. The molecule has 1 aliphatic heterocycles. The van der Waals surface area contributed by atoms with E-state index >= 15 is 0 Å². The fourth-order valence-electron chi connectivity index (χ4n) is 3.96. The molecule has 3 heterocycles. The Hall–Kier alpha value is -2.76. The van der Waals surface area contributed by atoms with Gasteiger partial charge in [0.05, 0.1) is 25.0 Å². The molecule has 5 rings (SSSR count). The SMILES string of the molecule is COc1ccc2[nH]c3c(c2c1)CCNC3c1cn[nH]c1-c1ccc(Cl)cc1. The van der Waals surface area contributed by atoms with Crippen LogP contribution in [-0.2, 0) is 6.42 Å². The second kappa shape index (κ2) is 6.44. The number of ether oxygens (including phenoxy) is 1. The average Bonchev–Trinajstić information content (AvgIpc) is 3.32. The lowest BCUT2D eigenvalue weighted by Crippen LogP contribution is -2.30. The molecular formula is C21H19ClN4O. The number of nitrogens with zero attached hydrogens (tertiary/aromatic N) is 1. The fraction of sp³-hybridized carbons (Fsp3) is 0.190. The van der Waals surface area contributed by atoms with Gasteiger partial charge in [-0.25, -0.2) is 0 Å². The molecule has 0 bridgehead atoms. The number of benzene rings is 2. The van der Waals surface area contributed by atoms with E-state index in [4.69, 9.17) is 16.3 Å². The van der Waals surface area contributed by atoms with Gasteiger partial charge in [-0.1, -0.05) is 23.7 Å². The Labute approximate surface area is 161 Å². The highest BCUT2D eigenvalue weighted by molar-refractivity contribution is 6.30. The van der Waals surface area contributed by atoms with Crippen molar-refractivity contribution in [2.45, 2.75) is 12.5 Å². The van der Waals surface area contributed by atoms with Gasteiger partial charge in [0.15, 0.2) is 0 Å². The summed E-state index contributed by atoms with van der Waals surface area (Å²) in [7, 11) is 1.70. The van der Waals surface area contributed by atoms with Crippen LogP contribution in [0, 0.1) is 0 Å². The van der Waals surface area contributed by atoms with E-state index in [0.717, 1.165) is 46.1 Å². The van der Waals surface area contributed by atoms with Gasteiger partial charge in [-0.05, 0) is 47.9 Å². The van der Waals surface area contributed by atoms with Gasteiger partial charge in [0.25, 0.3) is 0 Å². The summed E-state index contributed by atoms with van der Waals surface area (Å²) in [5.74, 6) is 0.879. The van der Waals surface area contributed by atoms with E-state index in [9.17, 15) is 0 Å². The molecule has 0 fully saturated rings. The third-order valence-electron chi connectivity index (χ3n) is 5.27. The summed E-state index contributed by atoms with van der Waals surface area (Å²) in [4.78, 5) is 3.61. The van der Waals surface area contributed by atoms with Crippen molar-refractivity contribution in [2.75, 3.05) is 13.7 Å². The van der Waals surface area contributed by atoms with Crippen molar-refractivity contribution in [3.05, 3.63) is 70.5 Å². The summed E-state index contributed by atoms with van der Waals surface area (Å²) < 4.78 is 5.41. The maximum Gasteiger partial charge on any atom is 0.119 e. The molecule has 0 spiro atoms. The molecule has 2 aromatic heterocycles. The number of aromatic nitrogens is 3. The van der Waals surface area contributed by atoms with Crippen LogP contribution < -0.4 is 10.1 Å². The molecule has 2 aromatic carbocycles. The van der Waals surface area contributed by atoms with Crippen LogP contribution in [0.15, 0.2) is 48.7 Å². The average molecular weight is 379 g/mol. The number of H-pyrrole nitrogens is 2. The smallest absolute Gasteiger partial charge is 0.119 e. The van der Waals surface area contributed by atoms with Gasteiger partial charge < -0.3 is 15.0 Å². The first kappa shape index (κ1) is 16.4. The molecule has 4 aromatic rings. The predicted molar refractivity (Wildman–Crippen MR) is 107 cm³/mol. The van der Waals surface area contributed by atoms with Crippen molar-refractivity contribution in [3.63, 3.8) is 0 Å². The summed E-state index contributed by atoms with van der Waals surface area (Å²) in [5.41, 5.74) is 6.87. The van der Waals surface area contributed by atoms with E-state index in [1.54, 1.807) is 7.11 Å². The number of methoxy groups -OCH3 is 1. The summed E-state index contributed by atoms with van der Waals surface area (Å²) in [5, 5.41) is 13.1. The van der Waals surface area contributed by atoms with Crippen LogP contribution >= 0.6 is 11.6 Å². The topological polar surface area (TPSA) is 65.7 Å². The van der Waals surface area contributed by atoms with Crippen LogP contribution in [-0.4, -0.2) is 28.8 Å². The van der Waals surface area contributed by atoms with E-state index in [-0.39, 0.29) is 6.04 Å². The van der Waals surface area contributed by atoms with E-state index in [1.807, 2.05) is 36.5 Å². The molecule has 0 saturated heterocycles. The summed E-state index contributed by atoms with van der Waals surface area (Å²) in [6.45, 7) is 0.910. The van der Waals surface area contributed by atoms with Crippen molar-refractivity contribution in [3.8, 4) is 17.0 Å². The van der Waals surface area contributed by atoms with E-state index < -0.39 is 0 Å². The Morgan fingerprint density at radius 2 is 2.00 bits per heavy atom. The minimum Gasteiger partial charge on any atom is -0.497 e. The molecule has 27 heavy (non-hydrogen) atoms. The molecule has 136 valence electrons. The summed E-state index contributed by atoms with van der Waals surface area (Å²) in [6, 6.07) is 14.1. The van der Waals surface area contributed by atoms with Gasteiger partial charge in [-0.2, -0.15) is 5.10 Å². The van der Waals surface area contributed by atoms with E-state index in [1.165, 1.54) is 16.6 Å². The Morgan fingerprint density at radius 1 is 1.15 bits per heavy atom. The van der Waals surface area contributed by atoms with Gasteiger partial charge in [0.2, 0.25) is 0 Å². The molecule has 1 aliphatic rings. The van der Waals surface area contributed by atoms with Crippen LogP contribution in [0.1, 0.15) is 22.9 Å². The van der Waals surface area contributed by atoms with Crippen molar-refractivity contribution in [1.29, 1.82) is 0 Å². The molecule has 1 unspecified atom stereocenters. The highest BCUT2D eigenvalue weighted by Gasteiger charge is 2.28. The van der Waals surface area contributed by atoms with Crippen LogP contribution in [0.5, 0.6) is 5.75 Å². The highest BCUT2D eigenvalue weighted by Crippen LogP contribution is 2.37. The molecular weight excluding hydrogens is 360 g/mol. The maximum absolute atomic E-state index is 6.04. The lowest BCUT2D eigenvalue weighted by atomic mass is 9.93. The maximum atomic E-state index is 6.04. The van der Waals surface area contributed by atoms with Crippen molar-refractivity contribution in [1.82, 2.24) is 20.5 Å². The first-order chi connectivity index (χ1) is 13.2. The standard InChI is InChI=1S/C21H19ClN4O/c1-27-14-6-7-18-16(10-14)15-8-9-23-20(21(15)25-18)17-11-24-26-19(17)12-2-4-13(22)5-3-12/h2-7,10-11,20,23,25H,8-9H2,1H3,(H,24,26). The van der Waals surface area contributed by atoms with Crippen LogP contribution in [0.3, 0.4) is 0 Å².